The van der Waals surface area contributed by atoms with E-state index in [2.05, 4.69) is 0 Å². The van der Waals surface area contributed by atoms with Crippen LogP contribution in [-0.4, -0.2) is 38.6 Å². The van der Waals surface area contributed by atoms with E-state index in [1.165, 1.54) is 0 Å². The van der Waals surface area contributed by atoms with Crippen molar-refractivity contribution in [3.63, 3.8) is 0 Å². The molecule has 0 radical (unpaired) electrons. The summed E-state index contributed by atoms with van der Waals surface area (Å²) >= 11 is 0. The molecule has 0 aliphatic heterocycles. The highest BCUT2D eigenvalue weighted by atomic mass is 16.5. The Kier molecular flexibility index (Phi) is 5.80. The summed E-state index contributed by atoms with van der Waals surface area (Å²) in [6.45, 7) is 0.468. The molecule has 2 aromatic carbocycles. The Morgan fingerprint density at radius 2 is 1.83 bits per heavy atom. The van der Waals surface area contributed by atoms with Gasteiger partial charge < -0.3 is 14.5 Å². The second kappa shape index (κ2) is 8.02. The van der Waals surface area contributed by atoms with Gasteiger partial charge in [0.25, 0.3) is 5.91 Å². The van der Waals surface area contributed by atoms with E-state index in [-0.39, 0.29) is 12.5 Å². The van der Waals surface area contributed by atoms with Crippen LogP contribution in [0.1, 0.15) is 11.1 Å². The molecule has 0 saturated carbocycles. The zero-order valence-corrected chi connectivity index (χ0v) is 14.2. The lowest BCUT2D eigenvalue weighted by atomic mass is 10.2. The minimum absolute atomic E-state index is 0.0544. The number of likely N-dealkylation sites (N-methyl/N-ethyl adjacent to an activating group) is 1. The smallest absolute Gasteiger partial charge is 0.260 e. The number of nitriles is 1. The molecule has 0 fully saturated rings. The van der Waals surface area contributed by atoms with Gasteiger partial charge in [-0.1, -0.05) is 18.2 Å². The van der Waals surface area contributed by atoms with Crippen LogP contribution in [-0.2, 0) is 11.3 Å². The summed E-state index contributed by atoms with van der Waals surface area (Å²) in [6, 6.07) is 16.9. The number of carbonyl (C=O) groups excluding carboxylic acids is 1. The van der Waals surface area contributed by atoms with Gasteiger partial charge in [0.05, 0.1) is 11.6 Å². The van der Waals surface area contributed by atoms with Crippen molar-refractivity contribution in [2.45, 2.75) is 6.54 Å². The van der Waals surface area contributed by atoms with Gasteiger partial charge in [-0.15, -0.1) is 0 Å². The first-order valence-corrected chi connectivity index (χ1v) is 7.63. The number of carbonyl (C=O) groups is 1. The molecule has 0 spiro atoms. The first-order valence-electron chi connectivity index (χ1n) is 7.63. The quantitative estimate of drug-likeness (QED) is 0.820. The van der Waals surface area contributed by atoms with E-state index in [1.807, 2.05) is 49.3 Å². The molecule has 0 N–H and O–H groups in total. The highest BCUT2D eigenvalue weighted by molar-refractivity contribution is 5.77. The van der Waals surface area contributed by atoms with Gasteiger partial charge in [-0.25, -0.2) is 0 Å². The van der Waals surface area contributed by atoms with Crippen LogP contribution in [0.15, 0.2) is 48.5 Å². The van der Waals surface area contributed by atoms with E-state index in [0.717, 1.165) is 11.3 Å². The minimum Gasteiger partial charge on any atom is -0.484 e. The van der Waals surface area contributed by atoms with Gasteiger partial charge in [-0.05, 0) is 35.9 Å². The second-order valence-corrected chi connectivity index (χ2v) is 5.74. The average molecular weight is 323 g/mol. The number of anilines is 1. The van der Waals surface area contributed by atoms with Gasteiger partial charge in [0.15, 0.2) is 6.61 Å². The van der Waals surface area contributed by atoms with E-state index < -0.39 is 0 Å². The van der Waals surface area contributed by atoms with Gasteiger partial charge in [0.1, 0.15) is 5.75 Å². The molecular weight excluding hydrogens is 302 g/mol. The predicted octanol–water partition coefficient (Wildman–Crippen LogP) is 2.66. The summed E-state index contributed by atoms with van der Waals surface area (Å²) in [5, 5.41) is 8.86. The van der Waals surface area contributed by atoms with Crippen LogP contribution in [0.3, 0.4) is 0 Å². The van der Waals surface area contributed by atoms with Crippen LogP contribution in [0, 0.1) is 11.3 Å². The molecule has 0 bridgehead atoms. The fourth-order valence-corrected chi connectivity index (χ4v) is 2.17. The number of nitrogens with zero attached hydrogens (tertiary/aromatic N) is 3. The Balaban J connectivity index is 1.88. The van der Waals surface area contributed by atoms with E-state index in [4.69, 9.17) is 10.00 Å². The van der Waals surface area contributed by atoms with Crippen molar-refractivity contribution in [1.29, 1.82) is 5.26 Å². The first-order chi connectivity index (χ1) is 11.5. The highest BCUT2D eigenvalue weighted by Gasteiger charge is 2.10. The monoisotopic (exact) mass is 323 g/mol. The molecule has 0 heterocycles. The SMILES string of the molecule is CN(Cc1ccc(N(C)C)cc1)C(=O)COc1cccc(C#N)c1. The molecule has 0 aliphatic rings. The van der Waals surface area contributed by atoms with Crippen LogP contribution >= 0.6 is 0 Å². The largest absolute Gasteiger partial charge is 0.484 e. The Hall–Kier alpha value is -3.00. The van der Waals surface area contributed by atoms with Crippen molar-refractivity contribution >= 4 is 11.6 Å². The number of benzene rings is 2. The standard InChI is InChI=1S/C19H21N3O2/c1-21(2)17-9-7-15(8-10-17)13-22(3)19(23)14-24-18-6-4-5-16(11-18)12-20/h4-11H,13-14H2,1-3H3. The first kappa shape index (κ1) is 17.4. The number of hydrogen-bond acceptors (Lipinski definition) is 4. The van der Waals surface area contributed by atoms with Crippen molar-refractivity contribution in [3.05, 3.63) is 59.7 Å². The summed E-state index contributed by atoms with van der Waals surface area (Å²) in [7, 11) is 5.73. The molecule has 0 atom stereocenters. The fourth-order valence-electron chi connectivity index (χ4n) is 2.17. The van der Waals surface area contributed by atoms with Crippen molar-refractivity contribution in [2.75, 3.05) is 32.6 Å². The fraction of sp³-hybridized carbons (Fsp3) is 0.263. The van der Waals surface area contributed by atoms with Crippen molar-refractivity contribution in [2.24, 2.45) is 0 Å². The van der Waals surface area contributed by atoms with Gasteiger partial charge in [0.2, 0.25) is 0 Å². The summed E-state index contributed by atoms with van der Waals surface area (Å²) in [5.41, 5.74) is 2.69. The molecule has 0 aliphatic carbocycles. The maximum Gasteiger partial charge on any atom is 0.260 e. The van der Waals surface area contributed by atoms with Gasteiger partial charge in [-0.3, -0.25) is 4.79 Å². The normalized spacial score (nSPS) is 9.92. The van der Waals surface area contributed by atoms with Crippen LogP contribution in [0.5, 0.6) is 5.75 Å². The van der Waals surface area contributed by atoms with E-state index in [9.17, 15) is 4.79 Å². The maximum absolute atomic E-state index is 12.2. The number of amides is 1. The van der Waals surface area contributed by atoms with Gasteiger partial charge in [-0.2, -0.15) is 5.26 Å². The molecule has 2 aromatic rings. The Morgan fingerprint density at radius 1 is 1.12 bits per heavy atom. The lowest BCUT2D eigenvalue weighted by Crippen LogP contribution is -2.30. The molecule has 5 heteroatoms. The summed E-state index contributed by atoms with van der Waals surface area (Å²) in [4.78, 5) is 15.8. The third-order valence-corrected chi connectivity index (χ3v) is 3.62. The van der Waals surface area contributed by atoms with Crippen LogP contribution < -0.4 is 9.64 Å². The van der Waals surface area contributed by atoms with Crippen molar-refractivity contribution in [3.8, 4) is 11.8 Å². The van der Waals surface area contributed by atoms with E-state index in [1.54, 1.807) is 36.2 Å². The topological polar surface area (TPSA) is 56.6 Å². The van der Waals surface area contributed by atoms with E-state index in [0.29, 0.717) is 17.9 Å². The Labute approximate surface area is 142 Å². The third-order valence-electron chi connectivity index (χ3n) is 3.62. The Bertz CT molecular complexity index is 733. The van der Waals surface area contributed by atoms with Crippen LogP contribution in [0.25, 0.3) is 0 Å². The maximum atomic E-state index is 12.2. The molecule has 5 nitrogen and oxygen atoms in total. The average Bonchev–Trinajstić information content (AvgIpc) is 2.60. The molecular formula is C19H21N3O2. The molecule has 2 rings (SSSR count). The summed E-state index contributed by atoms with van der Waals surface area (Å²) in [6.07, 6.45) is 0. The molecule has 124 valence electrons. The minimum atomic E-state index is -0.117. The number of ether oxygens (including phenoxy) is 1. The second-order valence-electron chi connectivity index (χ2n) is 5.74. The molecule has 1 amide bonds. The number of hydrogen-bond donors (Lipinski definition) is 0. The summed E-state index contributed by atoms with van der Waals surface area (Å²) < 4.78 is 5.47. The van der Waals surface area contributed by atoms with Crippen LogP contribution in [0.4, 0.5) is 5.69 Å². The molecule has 0 saturated heterocycles. The van der Waals surface area contributed by atoms with Gasteiger partial charge >= 0.3 is 0 Å². The van der Waals surface area contributed by atoms with E-state index >= 15 is 0 Å². The Morgan fingerprint density at radius 3 is 2.46 bits per heavy atom. The lowest BCUT2D eigenvalue weighted by Gasteiger charge is -2.18. The van der Waals surface area contributed by atoms with Crippen molar-refractivity contribution < 1.29 is 9.53 Å². The van der Waals surface area contributed by atoms with Crippen LogP contribution in [0.2, 0.25) is 0 Å². The molecule has 0 unspecified atom stereocenters. The van der Waals surface area contributed by atoms with Gasteiger partial charge in [0, 0.05) is 33.4 Å². The molecule has 24 heavy (non-hydrogen) atoms. The highest BCUT2D eigenvalue weighted by Crippen LogP contribution is 2.14. The zero-order valence-electron chi connectivity index (χ0n) is 14.2. The number of rotatable bonds is 6. The van der Waals surface area contributed by atoms with Crippen molar-refractivity contribution in [1.82, 2.24) is 4.90 Å². The zero-order chi connectivity index (χ0) is 17.5. The lowest BCUT2D eigenvalue weighted by molar-refractivity contribution is -0.132. The third kappa shape index (κ3) is 4.75. The molecule has 0 aromatic heterocycles. The summed E-state index contributed by atoms with van der Waals surface area (Å²) in [5.74, 6) is 0.403. The predicted molar refractivity (Wildman–Crippen MR) is 93.9 cm³/mol.